The number of aliphatic carboxylic acids is 1. The van der Waals surface area contributed by atoms with Gasteiger partial charge < -0.3 is 10.4 Å². The summed E-state index contributed by atoms with van der Waals surface area (Å²) in [5.41, 5.74) is 0. The van der Waals surface area contributed by atoms with Crippen molar-refractivity contribution >= 4 is 11.9 Å². The van der Waals surface area contributed by atoms with Crippen LogP contribution >= 0.6 is 0 Å². The van der Waals surface area contributed by atoms with Crippen molar-refractivity contribution in [3.8, 4) is 0 Å². The Hall–Kier alpha value is -1.06. The predicted molar refractivity (Wildman–Crippen MR) is 45.0 cm³/mol. The molecule has 2 fully saturated rings. The Balaban J connectivity index is 1.76. The molecule has 0 saturated heterocycles. The van der Waals surface area contributed by atoms with E-state index >= 15 is 0 Å². The molecule has 0 aromatic rings. The van der Waals surface area contributed by atoms with Crippen LogP contribution in [0.4, 0.5) is 0 Å². The minimum atomic E-state index is -0.839. The summed E-state index contributed by atoms with van der Waals surface area (Å²) in [6, 6.07) is 0.322. The van der Waals surface area contributed by atoms with Crippen molar-refractivity contribution in [2.24, 2.45) is 11.8 Å². The van der Waals surface area contributed by atoms with Crippen LogP contribution in [0.3, 0.4) is 0 Å². The van der Waals surface area contributed by atoms with Gasteiger partial charge >= 0.3 is 5.97 Å². The van der Waals surface area contributed by atoms with Crippen LogP contribution in [0.2, 0.25) is 0 Å². The van der Waals surface area contributed by atoms with Crippen LogP contribution in [-0.4, -0.2) is 23.0 Å². The number of carbonyl (C=O) groups is 2. The number of hydrogen-bond donors (Lipinski definition) is 2. The van der Waals surface area contributed by atoms with Gasteiger partial charge in [-0.1, -0.05) is 0 Å². The number of nitrogens with one attached hydrogen (secondary N) is 1. The van der Waals surface area contributed by atoms with E-state index in [1.807, 2.05) is 0 Å². The molecule has 4 heteroatoms. The van der Waals surface area contributed by atoms with Gasteiger partial charge in [0.1, 0.15) is 0 Å². The van der Waals surface area contributed by atoms with E-state index in [0.717, 1.165) is 12.8 Å². The van der Waals surface area contributed by atoms with Crippen LogP contribution in [0.25, 0.3) is 0 Å². The van der Waals surface area contributed by atoms with Crippen LogP contribution in [0, 0.1) is 11.8 Å². The van der Waals surface area contributed by atoms with Gasteiger partial charge in [-0.05, 0) is 25.7 Å². The molecule has 0 aromatic heterocycles. The molecule has 0 aromatic carbocycles. The Labute approximate surface area is 76.3 Å². The van der Waals surface area contributed by atoms with Gasteiger partial charge in [0.2, 0.25) is 5.91 Å². The van der Waals surface area contributed by atoms with Crippen molar-refractivity contribution < 1.29 is 14.7 Å². The predicted octanol–water partition coefficient (Wildman–Crippen LogP) is 0.376. The standard InChI is InChI=1S/C9H13NO3/c11-8(10-5-2-1-3-5)6-4-7(6)9(12)13/h5-7H,1-4H2,(H,10,11)(H,12,13). The zero-order chi connectivity index (χ0) is 9.42. The van der Waals surface area contributed by atoms with Crippen LogP contribution in [0.5, 0.6) is 0 Å². The van der Waals surface area contributed by atoms with E-state index in [9.17, 15) is 9.59 Å². The van der Waals surface area contributed by atoms with E-state index in [0.29, 0.717) is 12.5 Å². The summed E-state index contributed by atoms with van der Waals surface area (Å²) in [5, 5.41) is 11.5. The largest absolute Gasteiger partial charge is 0.481 e. The van der Waals surface area contributed by atoms with Crippen molar-refractivity contribution in [2.75, 3.05) is 0 Å². The molecule has 4 nitrogen and oxygen atoms in total. The third kappa shape index (κ3) is 1.66. The number of carboxylic acid groups (broad SMARTS) is 1. The molecule has 2 atom stereocenters. The lowest BCUT2D eigenvalue weighted by atomic mass is 9.93. The molecular formula is C9H13NO3. The highest BCUT2D eigenvalue weighted by atomic mass is 16.4. The molecule has 0 aliphatic heterocycles. The second-order valence-corrected chi connectivity index (χ2v) is 3.92. The molecule has 2 aliphatic carbocycles. The molecule has 2 rings (SSSR count). The van der Waals surface area contributed by atoms with Crippen molar-refractivity contribution in [3.63, 3.8) is 0 Å². The zero-order valence-electron chi connectivity index (χ0n) is 7.32. The molecule has 1 amide bonds. The minimum Gasteiger partial charge on any atom is -0.481 e. The summed E-state index contributed by atoms with van der Waals surface area (Å²) in [7, 11) is 0. The molecule has 2 unspecified atom stereocenters. The lowest BCUT2D eigenvalue weighted by Gasteiger charge is -2.26. The number of carboxylic acids is 1. The first kappa shape index (κ1) is 8.53. The summed E-state index contributed by atoms with van der Waals surface area (Å²) in [4.78, 5) is 21.8. The first-order valence-electron chi connectivity index (χ1n) is 4.71. The van der Waals surface area contributed by atoms with E-state index in [4.69, 9.17) is 5.11 Å². The quantitative estimate of drug-likeness (QED) is 0.664. The molecular weight excluding hydrogens is 170 g/mol. The molecule has 0 heterocycles. The van der Waals surface area contributed by atoms with Crippen LogP contribution in [0.15, 0.2) is 0 Å². The summed E-state index contributed by atoms with van der Waals surface area (Å²) < 4.78 is 0. The van der Waals surface area contributed by atoms with Gasteiger partial charge in [0, 0.05) is 6.04 Å². The maximum Gasteiger partial charge on any atom is 0.307 e. The van der Waals surface area contributed by atoms with Crippen LogP contribution < -0.4 is 5.32 Å². The Morgan fingerprint density at radius 1 is 1.23 bits per heavy atom. The zero-order valence-corrected chi connectivity index (χ0v) is 7.32. The average Bonchev–Trinajstić information content (AvgIpc) is 2.74. The van der Waals surface area contributed by atoms with Gasteiger partial charge in [0.15, 0.2) is 0 Å². The lowest BCUT2D eigenvalue weighted by Crippen LogP contribution is -2.40. The van der Waals surface area contributed by atoms with E-state index in [2.05, 4.69) is 5.32 Å². The van der Waals surface area contributed by atoms with E-state index < -0.39 is 11.9 Å². The second-order valence-electron chi connectivity index (χ2n) is 3.92. The third-order valence-electron chi connectivity index (χ3n) is 2.90. The molecule has 2 saturated carbocycles. The first-order chi connectivity index (χ1) is 6.18. The summed E-state index contributed by atoms with van der Waals surface area (Å²) >= 11 is 0. The van der Waals surface area contributed by atoms with Gasteiger partial charge in [-0.15, -0.1) is 0 Å². The van der Waals surface area contributed by atoms with Crippen molar-refractivity contribution in [2.45, 2.75) is 31.7 Å². The fourth-order valence-corrected chi connectivity index (χ4v) is 1.62. The number of hydrogen-bond acceptors (Lipinski definition) is 2. The fraction of sp³-hybridized carbons (Fsp3) is 0.778. The normalized spacial score (nSPS) is 32.0. The van der Waals surface area contributed by atoms with E-state index in [-0.39, 0.29) is 11.8 Å². The van der Waals surface area contributed by atoms with Crippen LogP contribution in [0.1, 0.15) is 25.7 Å². The van der Waals surface area contributed by atoms with Gasteiger partial charge in [0.25, 0.3) is 0 Å². The number of rotatable bonds is 3. The van der Waals surface area contributed by atoms with E-state index in [1.165, 1.54) is 6.42 Å². The topological polar surface area (TPSA) is 66.4 Å². The highest BCUT2D eigenvalue weighted by Gasteiger charge is 2.48. The highest BCUT2D eigenvalue weighted by molar-refractivity contribution is 5.89. The molecule has 72 valence electrons. The number of carbonyl (C=O) groups excluding carboxylic acids is 1. The fourth-order valence-electron chi connectivity index (χ4n) is 1.62. The number of amides is 1. The minimum absolute atomic E-state index is 0.0582. The van der Waals surface area contributed by atoms with Crippen molar-refractivity contribution in [1.29, 1.82) is 0 Å². The van der Waals surface area contributed by atoms with Gasteiger partial charge in [-0.2, -0.15) is 0 Å². The smallest absolute Gasteiger partial charge is 0.307 e. The summed E-state index contributed by atoms with van der Waals surface area (Å²) in [5.74, 6) is -1.57. The van der Waals surface area contributed by atoms with Crippen molar-refractivity contribution in [1.82, 2.24) is 5.32 Å². The maximum atomic E-state index is 11.3. The Morgan fingerprint density at radius 2 is 1.92 bits per heavy atom. The van der Waals surface area contributed by atoms with E-state index in [1.54, 1.807) is 0 Å². The third-order valence-corrected chi connectivity index (χ3v) is 2.90. The first-order valence-corrected chi connectivity index (χ1v) is 4.71. The Kier molecular flexibility index (Phi) is 1.98. The molecule has 0 spiro atoms. The second kappa shape index (κ2) is 3.01. The van der Waals surface area contributed by atoms with Crippen molar-refractivity contribution in [3.05, 3.63) is 0 Å². The summed E-state index contributed by atoms with van der Waals surface area (Å²) in [6.45, 7) is 0. The van der Waals surface area contributed by atoms with Crippen LogP contribution in [-0.2, 0) is 9.59 Å². The Bertz CT molecular complexity index is 247. The Morgan fingerprint density at radius 3 is 2.31 bits per heavy atom. The highest BCUT2D eigenvalue weighted by Crippen LogP contribution is 2.39. The molecule has 0 bridgehead atoms. The van der Waals surface area contributed by atoms with Gasteiger partial charge in [-0.25, -0.2) is 0 Å². The maximum absolute atomic E-state index is 11.3. The molecule has 13 heavy (non-hydrogen) atoms. The monoisotopic (exact) mass is 183 g/mol. The molecule has 0 radical (unpaired) electrons. The SMILES string of the molecule is O=C(O)C1CC1C(=O)NC1CCC1. The average molecular weight is 183 g/mol. The van der Waals surface area contributed by atoms with Gasteiger partial charge in [-0.3, -0.25) is 9.59 Å². The lowest BCUT2D eigenvalue weighted by molar-refractivity contribution is -0.140. The summed E-state index contributed by atoms with van der Waals surface area (Å²) in [6.07, 6.45) is 3.80. The molecule has 2 N–H and O–H groups in total. The molecule has 2 aliphatic rings. The van der Waals surface area contributed by atoms with Gasteiger partial charge in [0.05, 0.1) is 11.8 Å².